The summed E-state index contributed by atoms with van der Waals surface area (Å²) < 4.78 is 65.7. The van der Waals surface area contributed by atoms with Crippen LogP contribution < -0.4 is 9.47 Å². The molecule has 6 heteroatoms. The highest BCUT2D eigenvalue weighted by atomic mass is 19.3. The van der Waals surface area contributed by atoms with Crippen LogP contribution in [0, 0.1) is 17.6 Å². The molecule has 0 unspecified atom stereocenters. The van der Waals surface area contributed by atoms with Crippen LogP contribution in [0.5, 0.6) is 11.5 Å². The highest BCUT2D eigenvalue weighted by Gasteiger charge is 2.39. The zero-order valence-electron chi connectivity index (χ0n) is 15.3. The summed E-state index contributed by atoms with van der Waals surface area (Å²) in [5, 5.41) is 0. The first-order valence-corrected chi connectivity index (χ1v) is 9.01. The van der Waals surface area contributed by atoms with Crippen molar-refractivity contribution in [3.8, 4) is 11.5 Å². The SMILES string of the molecule is COc1ccc(C(F)(F)Oc2ccc(C3CCC(C)CC3)cc2)c(F)c1F.[HH]. The summed E-state index contributed by atoms with van der Waals surface area (Å²) >= 11 is 0. The molecule has 0 bridgehead atoms. The molecule has 0 amide bonds. The molecular weight excluding hydrogens is 360 g/mol. The largest absolute Gasteiger partial charge is 0.494 e. The van der Waals surface area contributed by atoms with Gasteiger partial charge in [0.05, 0.1) is 7.11 Å². The third-order valence-corrected chi connectivity index (χ3v) is 5.19. The Morgan fingerprint density at radius 1 is 0.926 bits per heavy atom. The molecule has 148 valence electrons. The molecule has 0 saturated heterocycles. The van der Waals surface area contributed by atoms with E-state index in [1.807, 2.05) is 0 Å². The minimum Gasteiger partial charge on any atom is -0.494 e. The normalized spacial score (nSPS) is 20.4. The summed E-state index contributed by atoms with van der Waals surface area (Å²) in [6.45, 7) is 2.23. The van der Waals surface area contributed by atoms with E-state index in [1.165, 1.54) is 12.1 Å². The van der Waals surface area contributed by atoms with Gasteiger partial charge in [0.2, 0.25) is 5.82 Å². The van der Waals surface area contributed by atoms with Gasteiger partial charge in [0, 0.05) is 1.43 Å². The van der Waals surface area contributed by atoms with Gasteiger partial charge in [0.1, 0.15) is 11.3 Å². The molecule has 2 aromatic carbocycles. The van der Waals surface area contributed by atoms with Crippen LogP contribution in [0.25, 0.3) is 0 Å². The van der Waals surface area contributed by atoms with E-state index in [1.54, 1.807) is 12.1 Å². The topological polar surface area (TPSA) is 18.5 Å². The molecule has 0 aromatic heterocycles. The van der Waals surface area contributed by atoms with Crippen molar-refractivity contribution < 1.29 is 28.5 Å². The smallest absolute Gasteiger partial charge is 0.429 e. The van der Waals surface area contributed by atoms with Gasteiger partial charge in [-0.3, -0.25) is 0 Å². The fraction of sp³-hybridized carbons (Fsp3) is 0.429. The van der Waals surface area contributed by atoms with Crippen LogP contribution in [0.4, 0.5) is 17.6 Å². The Morgan fingerprint density at radius 2 is 1.56 bits per heavy atom. The molecule has 27 heavy (non-hydrogen) atoms. The number of alkyl halides is 2. The Balaban J connectivity index is 0.00000280. The highest BCUT2D eigenvalue weighted by Crippen LogP contribution is 2.38. The van der Waals surface area contributed by atoms with E-state index in [4.69, 9.17) is 0 Å². The van der Waals surface area contributed by atoms with Gasteiger partial charge >= 0.3 is 6.11 Å². The van der Waals surface area contributed by atoms with Crippen molar-refractivity contribution in [2.75, 3.05) is 7.11 Å². The Morgan fingerprint density at radius 3 is 2.15 bits per heavy atom. The molecular formula is C21H24F4O2. The number of hydrogen-bond acceptors (Lipinski definition) is 2. The fourth-order valence-electron chi connectivity index (χ4n) is 3.52. The maximum atomic E-state index is 14.3. The summed E-state index contributed by atoms with van der Waals surface area (Å²) in [6, 6.07) is 8.11. The zero-order chi connectivity index (χ0) is 19.6. The second kappa shape index (κ2) is 7.79. The van der Waals surface area contributed by atoms with Crippen molar-refractivity contribution in [3.05, 3.63) is 59.2 Å². The first-order chi connectivity index (χ1) is 12.8. The van der Waals surface area contributed by atoms with Crippen molar-refractivity contribution in [2.45, 2.75) is 44.6 Å². The highest BCUT2D eigenvalue weighted by molar-refractivity contribution is 5.34. The average Bonchev–Trinajstić information content (AvgIpc) is 2.65. The van der Waals surface area contributed by atoms with Gasteiger partial charge in [-0.25, -0.2) is 4.39 Å². The average molecular weight is 384 g/mol. The van der Waals surface area contributed by atoms with Gasteiger partial charge in [0.25, 0.3) is 0 Å². The molecule has 0 spiro atoms. The number of methoxy groups -OCH3 is 1. The summed E-state index contributed by atoms with van der Waals surface area (Å²) in [5.41, 5.74) is -0.0922. The molecule has 1 fully saturated rings. The van der Waals surface area contributed by atoms with Crippen LogP contribution in [0.1, 0.15) is 51.1 Å². The molecule has 0 atom stereocenters. The summed E-state index contributed by atoms with van der Waals surface area (Å²) in [6.07, 6.45) is 0.452. The van der Waals surface area contributed by atoms with Crippen LogP contribution in [0.2, 0.25) is 0 Å². The molecule has 0 heterocycles. The van der Waals surface area contributed by atoms with Crippen molar-refractivity contribution in [1.29, 1.82) is 0 Å². The predicted molar refractivity (Wildman–Crippen MR) is 96.4 cm³/mol. The van der Waals surface area contributed by atoms with E-state index >= 15 is 0 Å². The Bertz CT molecular complexity index is 788. The standard InChI is InChI=1S/C21H22F4O2.H2/c1-13-3-5-14(6-4-13)15-7-9-16(10-8-15)27-21(24,25)17-11-12-18(26-2)20(23)19(17)22;/h7-14H,3-6H2,1-2H3;1H. The third-order valence-electron chi connectivity index (χ3n) is 5.19. The van der Waals surface area contributed by atoms with Crippen LogP contribution in [-0.4, -0.2) is 7.11 Å². The molecule has 1 aliphatic rings. The first kappa shape index (κ1) is 19.5. The first-order valence-electron chi connectivity index (χ1n) is 9.01. The molecule has 1 saturated carbocycles. The predicted octanol–water partition coefficient (Wildman–Crippen LogP) is 6.64. The number of benzene rings is 2. The molecule has 0 radical (unpaired) electrons. The van der Waals surface area contributed by atoms with Crippen molar-refractivity contribution in [1.82, 2.24) is 0 Å². The lowest BCUT2D eigenvalue weighted by atomic mass is 9.79. The summed E-state index contributed by atoms with van der Waals surface area (Å²) in [4.78, 5) is 0. The van der Waals surface area contributed by atoms with Gasteiger partial charge < -0.3 is 9.47 Å². The number of halogens is 4. The number of hydrogen-bond donors (Lipinski definition) is 0. The monoisotopic (exact) mass is 384 g/mol. The molecule has 0 aliphatic heterocycles. The number of rotatable bonds is 5. The van der Waals surface area contributed by atoms with Gasteiger partial charge in [-0.15, -0.1) is 0 Å². The van der Waals surface area contributed by atoms with Gasteiger partial charge in [-0.1, -0.05) is 31.9 Å². The second-order valence-corrected chi connectivity index (χ2v) is 7.09. The van der Waals surface area contributed by atoms with Crippen molar-refractivity contribution >= 4 is 0 Å². The van der Waals surface area contributed by atoms with Crippen molar-refractivity contribution in [2.24, 2.45) is 5.92 Å². The van der Waals surface area contributed by atoms with Crippen LogP contribution in [-0.2, 0) is 6.11 Å². The zero-order valence-corrected chi connectivity index (χ0v) is 15.3. The lowest BCUT2D eigenvalue weighted by Crippen LogP contribution is -2.24. The van der Waals surface area contributed by atoms with Crippen LogP contribution >= 0.6 is 0 Å². The van der Waals surface area contributed by atoms with Crippen LogP contribution in [0.3, 0.4) is 0 Å². The quantitative estimate of drug-likeness (QED) is 0.538. The lowest BCUT2D eigenvalue weighted by Gasteiger charge is -2.26. The minimum atomic E-state index is -4.01. The lowest BCUT2D eigenvalue weighted by molar-refractivity contribution is -0.187. The van der Waals surface area contributed by atoms with Crippen molar-refractivity contribution in [3.63, 3.8) is 0 Å². The maximum Gasteiger partial charge on any atom is 0.429 e. The second-order valence-electron chi connectivity index (χ2n) is 7.09. The van der Waals surface area contributed by atoms with Gasteiger partial charge in [-0.2, -0.15) is 13.2 Å². The maximum absolute atomic E-state index is 14.3. The minimum absolute atomic E-state index is 0. The molecule has 0 N–H and O–H groups in total. The molecule has 1 aliphatic carbocycles. The Kier molecular flexibility index (Phi) is 5.63. The Hall–Kier alpha value is -2.24. The van der Waals surface area contributed by atoms with E-state index in [9.17, 15) is 17.6 Å². The van der Waals surface area contributed by atoms with E-state index in [0.29, 0.717) is 5.92 Å². The third kappa shape index (κ3) is 4.20. The molecule has 2 aromatic rings. The summed E-state index contributed by atoms with van der Waals surface area (Å²) in [5.74, 6) is -2.57. The van der Waals surface area contributed by atoms with E-state index < -0.39 is 29.1 Å². The van der Waals surface area contributed by atoms with E-state index in [2.05, 4.69) is 16.4 Å². The molecule has 3 rings (SSSR count). The van der Waals surface area contributed by atoms with E-state index in [-0.39, 0.29) is 7.18 Å². The van der Waals surface area contributed by atoms with E-state index in [0.717, 1.165) is 56.4 Å². The Labute approximate surface area is 157 Å². The fourth-order valence-corrected chi connectivity index (χ4v) is 3.52. The van der Waals surface area contributed by atoms with Gasteiger partial charge in [0.15, 0.2) is 11.6 Å². The molecule has 2 nitrogen and oxygen atoms in total. The van der Waals surface area contributed by atoms with Gasteiger partial charge in [-0.05, 0) is 54.5 Å². The summed E-state index contributed by atoms with van der Waals surface area (Å²) in [7, 11) is 1.13. The van der Waals surface area contributed by atoms with Crippen LogP contribution in [0.15, 0.2) is 36.4 Å². The number of ether oxygens (including phenoxy) is 2.